The second-order valence-corrected chi connectivity index (χ2v) is 6.33. The molecule has 0 amide bonds. The Labute approximate surface area is 138 Å². The Morgan fingerprint density at radius 2 is 1.13 bits per heavy atom. The number of phenols is 2. The average molecular weight is 322 g/mol. The van der Waals surface area contributed by atoms with Crippen LogP contribution in [-0.4, -0.2) is 10.2 Å². The summed E-state index contributed by atoms with van der Waals surface area (Å²) in [5.74, 6) is 0.548. The van der Waals surface area contributed by atoms with E-state index < -0.39 is 0 Å². The van der Waals surface area contributed by atoms with Crippen molar-refractivity contribution in [3.05, 3.63) is 65.7 Å². The summed E-state index contributed by atoms with van der Waals surface area (Å²) in [5, 5.41) is 21.9. The van der Waals surface area contributed by atoms with Gasteiger partial charge in [-0.15, -0.1) is 9.24 Å². The van der Waals surface area contributed by atoms with Crippen LogP contribution < -0.4 is 5.30 Å². The van der Waals surface area contributed by atoms with E-state index in [-0.39, 0.29) is 11.5 Å². The normalized spacial score (nSPS) is 10.7. The van der Waals surface area contributed by atoms with Crippen LogP contribution in [-0.2, 0) is 0 Å². The first kappa shape index (κ1) is 15.6. The molecule has 1 unspecified atom stereocenters. The van der Waals surface area contributed by atoms with Crippen molar-refractivity contribution in [2.45, 2.75) is 13.8 Å². The zero-order chi connectivity index (χ0) is 16.6. The van der Waals surface area contributed by atoms with Crippen molar-refractivity contribution in [1.82, 2.24) is 0 Å². The van der Waals surface area contributed by atoms with E-state index >= 15 is 0 Å². The van der Waals surface area contributed by atoms with Crippen molar-refractivity contribution in [2.75, 3.05) is 0 Å². The standard InChI is InChI=1S/C20H19O2P/c1-12-6-3-9-15(19(12)21)14-8-5-11-17(23)18(14)16-10-4-7-13(2)20(16)22/h3-11,21-22H,23H2,1-2H3. The molecule has 0 aromatic heterocycles. The molecule has 2 nitrogen and oxygen atoms in total. The first-order valence-electron chi connectivity index (χ1n) is 7.47. The summed E-state index contributed by atoms with van der Waals surface area (Å²) in [6.07, 6.45) is 0. The Kier molecular flexibility index (Phi) is 4.11. The van der Waals surface area contributed by atoms with Crippen LogP contribution in [0.25, 0.3) is 22.3 Å². The SMILES string of the molecule is Cc1cccc(-c2cccc(P)c2-c2cccc(C)c2O)c1O. The maximum absolute atomic E-state index is 10.5. The molecule has 0 aliphatic rings. The molecule has 3 rings (SSSR count). The molecule has 0 fully saturated rings. The number of benzene rings is 3. The van der Waals surface area contributed by atoms with Crippen LogP contribution in [0.2, 0.25) is 0 Å². The van der Waals surface area contributed by atoms with Crippen molar-refractivity contribution < 1.29 is 10.2 Å². The first-order chi connectivity index (χ1) is 11.0. The second-order valence-electron chi connectivity index (χ2n) is 5.71. The van der Waals surface area contributed by atoms with E-state index in [9.17, 15) is 10.2 Å². The Balaban J connectivity index is 2.35. The fraction of sp³-hybridized carbons (Fsp3) is 0.100. The van der Waals surface area contributed by atoms with E-state index in [1.54, 1.807) is 0 Å². The Bertz CT molecular complexity index is 885. The zero-order valence-electron chi connectivity index (χ0n) is 13.2. The minimum Gasteiger partial charge on any atom is -0.507 e. The van der Waals surface area contributed by atoms with Crippen molar-refractivity contribution >= 4 is 14.5 Å². The van der Waals surface area contributed by atoms with Gasteiger partial charge in [-0.05, 0) is 35.8 Å². The molecule has 0 heterocycles. The van der Waals surface area contributed by atoms with E-state index in [0.29, 0.717) is 0 Å². The summed E-state index contributed by atoms with van der Waals surface area (Å²) in [6.45, 7) is 3.77. The number of hydrogen-bond acceptors (Lipinski definition) is 2. The number of phenolic OH excluding ortho intramolecular Hbond substituents is 2. The highest BCUT2D eigenvalue weighted by Crippen LogP contribution is 2.41. The van der Waals surface area contributed by atoms with Crippen LogP contribution in [0, 0.1) is 13.8 Å². The van der Waals surface area contributed by atoms with Crippen molar-refractivity contribution in [3.63, 3.8) is 0 Å². The maximum atomic E-state index is 10.5. The lowest BCUT2D eigenvalue weighted by Crippen LogP contribution is -2.00. The summed E-state index contributed by atoms with van der Waals surface area (Å²) in [4.78, 5) is 0. The summed E-state index contributed by atoms with van der Waals surface area (Å²) >= 11 is 0. The lowest BCUT2D eigenvalue weighted by Gasteiger charge is -2.17. The summed E-state index contributed by atoms with van der Waals surface area (Å²) in [5.41, 5.74) is 5.02. The molecule has 3 aromatic rings. The zero-order valence-corrected chi connectivity index (χ0v) is 14.3. The number of para-hydroxylation sites is 2. The molecule has 0 saturated carbocycles. The van der Waals surface area contributed by atoms with Gasteiger partial charge in [0, 0.05) is 16.7 Å². The number of rotatable bonds is 2. The fourth-order valence-electron chi connectivity index (χ4n) is 2.83. The van der Waals surface area contributed by atoms with Gasteiger partial charge in [0.05, 0.1) is 0 Å². The van der Waals surface area contributed by atoms with Crippen molar-refractivity contribution in [3.8, 4) is 33.8 Å². The van der Waals surface area contributed by atoms with Crippen molar-refractivity contribution in [2.24, 2.45) is 0 Å². The summed E-state index contributed by atoms with van der Waals surface area (Å²) < 4.78 is 0. The molecule has 0 aliphatic carbocycles. The summed E-state index contributed by atoms with van der Waals surface area (Å²) in [6, 6.07) is 17.3. The Morgan fingerprint density at radius 1 is 0.652 bits per heavy atom. The molecular formula is C20H19O2P. The van der Waals surface area contributed by atoms with Gasteiger partial charge in [0.15, 0.2) is 0 Å². The molecule has 3 aromatic carbocycles. The average Bonchev–Trinajstić information content (AvgIpc) is 2.53. The van der Waals surface area contributed by atoms with E-state index in [4.69, 9.17) is 0 Å². The van der Waals surface area contributed by atoms with Gasteiger partial charge in [-0.2, -0.15) is 0 Å². The van der Waals surface area contributed by atoms with E-state index in [2.05, 4.69) is 9.24 Å². The van der Waals surface area contributed by atoms with Gasteiger partial charge in [-0.25, -0.2) is 0 Å². The maximum Gasteiger partial charge on any atom is 0.126 e. The van der Waals surface area contributed by atoms with E-state index in [0.717, 1.165) is 38.7 Å². The van der Waals surface area contributed by atoms with Crippen LogP contribution >= 0.6 is 9.24 Å². The highest BCUT2D eigenvalue weighted by Gasteiger charge is 2.17. The van der Waals surface area contributed by atoms with Crippen LogP contribution in [0.1, 0.15) is 11.1 Å². The highest BCUT2D eigenvalue weighted by atomic mass is 31.0. The molecule has 3 heteroatoms. The monoisotopic (exact) mass is 322 g/mol. The molecule has 116 valence electrons. The van der Waals surface area contributed by atoms with E-state index in [1.807, 2.05) is 68.4 Å². The van der Waals surface area contributed by atoms with Crippen LogP contribution in [0.15, 0.2) is 54.6 Å². The van der Waals surface area contributed by atoms with Gasteiger partial charge in [0.25, 0.3) is 0 Å². The number of aromatic hydroxyl groups is 2. The van der Waals surface area contributed by atoms with E-state index in [1.165, 1.54) is 0 Å². The predicted octanol–water partition coefficient (Wildman–Crippen LogP) is 4.55. The van der Waals surface area contributed by atoms with Crippen LogP contribution in [0.3, 0.4) is 0 Å². The quantitative estimate of drug-likeness (QED) is 0.680. The second kappa shape index (κ2) is 6.06. The molecule has 2 N–H and O–H groups in total. The minimum atomic E-state index is 0.274. The van der Waals surface area contributed by atoms with Crippen LogP contribution in [0.5, 0.6) is 11.5 Å². The first-order valence-corrected chi connectivity index (χ1v) is 8.05. The lowest BCUT2D eigenvalue weighted by molar-refractivity contribution is 0.472. The third-order valence-electron chi connectivity index (χ3n) is 4.13. The highest BCUT2D eigenvalue weighted by molar-refractivity contribution is 7.28. The largest absolute Gasteiger partial charge is 0.507 e. The lowest BCUT2D eigenvalue weighted by atomic mass is 9.91. The van der Waals surface area contributed by atoms with Crippen molar-refractivity contribution in [1.29, 1.82) is 0 Å². The molecule has 23 heavy (non-hydrogen) atoms. The van der Waals surface area contributed by atoms with Gasteiger partial charge >= 0.3 is 0 Å². The van der Waals surface area contributed by atoms with Gasteiger partial charge in [-0.3, -0.25) is 0 Å². The Hall–Kier alpha value is -2.31. The van der Waals surface area contributed by atoms with Gasteiger partial charge < -0.3 is 10.2 Å². The molecule has 1 atom stereocenters. The third-order valence-corrected chi connectivity index (χ3v) is 4.61. The number of aryl methyl sites for hydroxylation is 2. The van der Waals surface area contributed by atoms with Crippen LogP contribution in [0.4, 0.5) is 0 Å². The number of hydrogen-bond donors (Lipinski definition) is 2. The molecule has 0 saturated heterocycles. The smallest absolute Gasteiger partial charge is 0.126 e. The minimum absolute atomic E-state index is 0.274. The third kappa shape index (κ3) is 2.71. The summed E-state index contributed by atoms with van der Waals surface area (Å²) in [7, 11) is 2.72. The Morgan fingerprint density at radius 3 is 1.78 bits per heavy atom. The molecule has 0 aliphatic heterocycles. The predicted molar refractivity (Wildman–Crippen MR) is 99.5 cm³/mol. The molecular weight excluding hydrogens is 303 g/mol. The topological polar surface area (TPSA) is 40.5 Å². The molecule has 0 bridgehead atoms. The molecule has 0 radical (unpaired) electrons. The van der Waals surface area contributed by atoms with Gasteiger partial charge in [0.1, 0.15) is 11.5 Å². The van der Waals surface area contributed by atoms with Gasteiger partial charge in [0.2, 0.25) is 0 Å². The fourth-order valence-corrected chi connectivity index (χ4v) is 3.25. The molecule has 0 spiro atoms. The van der Waals surface area contributed by atoms with Gasteiger partial charge in [-0.1, -0.05) is 54.6 Å².